The Labute approximate surface area is 211 Å². The van der Waals surface area contributed by atoms with Gasteiger partial charge in [-0.2, -0.15) is 0 Å². The van der Waals surface area contributed by atoms with Crippen molar-refractivity contribution in [3.05, 3.63) is 69.8 Å². The van der Waals surface area contributed by atoms with Crippen molar-refractivity contribution in [1.82, 2.24) is 19.9 Å². The fraction of sp³-hybridized carbons (Fsp3) is 0.300. The average molecular weight is 481 g/mol. The maximum absolute atomic E-state index is 12.0. The van der Waals surface area contributed by atoms with E-state index in [2.05, 4.69) is 81.0 Å². The van der Waals surface area contributed by atoms with Crippen LogP contribution in [-0.2, 0) is 16.0 Å². The van der Waals surface area contributed by atoms with Crippen molar-refractivity contribution in [3.8, 4) is 0 Å². The number of esters is 1. The van der Waals surface area contributed by atoms with Crippen molar-refractivity contribution in [1.29, 1.82) is 0 Å². The van der Waals surface area contributed by atoms with E-state index in [1.54, 1.807) is 0 Å². The van der Waals surface area contributed by atoms with Gasteiger partial charge in [-0.1, -0.05) is 6.92 Å². The van der Waals surface area contributed by atoms with Gasteiger partial charge in [0.05, 0.1) is 29.9 Å². The monoisotopic (exact) mass is 480 g/mol. The van der Waals surface area contributed by atoms with Gasteiger partial charge in [0.1, 0.15) is 0 Å². The molecule has 0 saturated carbocycles. The Morgan fingerprint density at radius 2 is 1.69 bits per heavy atom. The van der Waals surface area contributed by atoms with Crippen LogP contribution in [0.15, 0.2) is 30.3 Å². The second-order valence-corrected chi connectivity index (χ2v) is 9.62. The molecule has 0 fully saturated rings. The third-order valence-electron chi connectivity index (χ3n) is 7.24. The van der Waals surface area contributed by atoms with Gasteiger partial charge in [0.15, 0.2) is 0 Å². The average Bonchev–Trinajstić information content (AvgIpc) is 3.54. The molecule has 184 valence electrons. The van der Waals surface area contributed by atoms with Gasteiger partial charge in [-0.3, -0.25) is 4.79 Å². The summed E-state index contributed by atoms with van der Waals surface area (Å²) < 4.78 is 4.91. The minimum atomic E-state index is -0.221. The number of H-pyrrole nitrogens is 2. The lowest BCUT2D eigenvalue weighted by Crippen LogP contribution is -2.00. The van der Waals surface area contributed by atoms with Gasteiger partial charge >= 0.3 is 5.97 Å². The smallest absolute Gasteiger partial charge is 0.305 e. The summed E-state index contributed by atoms with van der Waals surface area (Å²) in [5.41, 5.74) is 14.7. The Bertz CT molecular complexity index is 1620. The van der Waals surface area contributed by atoms with Gasteiger partial charge in [0.2, 0.25) is 0 Å². The zero-order valence-electron chi connectivity index (χ0n) is 21.8. The molecule has 0 radical (unpaired) electrons. The van der Waals surface area contributed by atoms with Crippen LogP contribution in [0.25, 0.3) is 44.9 Å². The van der Waals surface area contributed by atoms with Crippen molar-refractivity contribution < 1.29 is 9.53 Å². The molecule has 0 unspecified atom stereocenters. The summed E-state index contributed by atoms with van der Waals surface area (Å²) in [5, 5.41) is 0. The van der Waals surface area contributed by atoms with Crippen LogP contribution in [-0.4, -0.2) is 33.0 Å². The topological polar surface area (TPSA) is 83.7 Å². The number of aromatic nitrogens is 4. The first-order valence-electron chi connectivity index (χ1n) is 12.4. The number of hydrogen-bond acceptors (Lipinski definition) is 4. The summed E-state index contributed by atoms with van der Waals surface area (Å²) >= 11 is 0. The predicted molar refractivity (Wildman–Crippen MR) is 147 cm³/mol. The molecule has 36 heavy (non-hydrogen) atoms. The Morgan fingerprint density at radius 3 is 2.44 bits per heavy atom. The van der Waals surface area contributed by atoms with Crippen LogP contribution in [0.1, 0.15) is 73.1 Å². The summed E-state index contributed by atoms with van der Waals surface area (Å²) in [6.45, 7) is 10.6. The first-order chi connectivity index (χ1) is 17.3. The third-order valence-corrected chi connectivity index (χ3v) is 7.24. The molecule has 6 nitrogen and oxygen atoms in total. The first-order valence-corrected chi connectivity index (χ1v) is 12.4. The van der Waals surface area contributed by atoms with Gasteiger partial charge < -0.3 is 14.7 Å². The molecule has 0 spiro atoms. The number of aryl methyl sites for hydroxylation is 3. The highest BCUT2D eigenvalue weighted by molar-refractivity contribution is 5.94. The number of fused-ring (bicyclic) bond motifs is 8. The number of carbonyl (C=O) groups excluding carboxylic acids is 1. The highest BCUT2D eigenvalue weighted by Crippen LogP contribution is 2.35. The summed E-state index contributed by atoms with van der Waals surface area (Å²) in [4.78, 5) is 29.1. The molecular formula is C30H32N4O2. The third kappa shape index (κ3) is 4.28. The van der Waals surface area contributed by atoms with Crippen LogP contribution in [0.4, 0.5) is 0 Å². The van der Waals surface area contributed by atoms with Crippen LogP contribution in [0.3, 0.4) is 0 Å². The van der Waals surface area contributed by atoms with Crippen molar-refractivity contribution in [2.45, 2.75) is 53.9 Å². The molecular weight excluding hydrogens is 448 g/mol. The first kappa shape index (κ1) is 23.8. The normalized spacial score (nSPS) is 13.2. The minimum absolute atomic E-state index is 0.221. The van der Waals surface area contributed by atoms with Crippen LogP contribution in [0.5, 0.6) is 0 Å². The summed E-state index contributed by atoms with van der Waals surface area (Å²) in [5.74, 6) is -0.221. The highest BCUT2D eigenvalue weighted by atomic mass is 16.5. The summed E-state index contributed by atoms with van der Waals surface area (Å²) in [6, 6.07) is 10.6. The number of nitrogens with zero attached hydrogens (tertiary/aromatic N) is 2. The van der Waals surface area contributed by atoms with Crippen molar-refractivity contribution in [2.75, 3.05) is 7.11 Å². The van der Waals surface area contributed by atoms with Gasteiger partial charge in [-0.15, -0.1) is 0 Å². The largest absolute Gasteiger partial charge is 0.469 e. The minimum Gasteiger partial charge on any atom is -0.469 e. The molecule has 6 heteroatoms. The molecule has 5 rings (SSSR count). The van der Waals surface area contributed by atoms with Crippen molar-refractivity contribution in [3.63, 3.8) is 0 Å². The van der Waals surface area contributed by atoms with Gasteiger partial charge in [-0.25, -0.2) is 9.97 Å². The van der Waals surface area contributed by atoms with E-state index in [9.17, 15) is 4.79 Å². The Hall–Kier alpha value is -3.93. The Balaban J connectivity index is 1.85. The molecule has 0 aliphatic carbocycles. The molecule has 0 atom stereocenters. The number of hydrogen-bond donors (Lipinski definition) is 2. The lowest BCUT2D eigenvalue weighted by Gasteiger charge is -2.04. The van der Waals surface area contributed by atoms with E-state index in [1.165, 1.54) is 23.8 Å². The van der Waals surface area contributed by atoms with E-state index in [4.69, 9.17) is 14.7 Å². The number of allylic oxidation sites excluding steroid dienone is 3. The molecule has 2 aliphatic rings. The zero-order valence-corrected chi connectivity index (χ0v) is 21.8. The second kappa shape index (κ2) is 9.26. The van der Waals surface area contributed by atoms with E-state index in [1.807, 2.05) is 0 Å². The molecule has 2 N–H and O–H groups in total. The van der Waals surface area contributed by atoms with Crippen LogP contribution >= 0.6 is 0 Å². The zero-order chi connectivity index (χ0) is 25.6. The standard InChI is InChI=1S/C30H32N4O2/c1-7-22-18(4)26-13-21-10-16(2)24(31-21)12-20-11-17(3)25(32-20)14-27-19(5)23(8-9-30(35)36-6)29(34-27)15-28(22)33-26/h10-15,31,33H,7-9H2,1-6H3. The molecule has 3 aromatic heterocycles. The lowest BCUT2D eigenvalue weighted by atomic mass is 10.0. The van der Waals surface area contributed by atoms with Gasteiger partial charge in [-0.05, 0) is 110 Å². The van der Waals surface area contributed by atoms with E-state index >= 15 is 0 Å². The molecule has 8 bridgehead atoms. The van der Waals surface area contributed by atoms with Crippen LogP contribution in [0, 0.1) is 13.8 Å². The number of nitrogens with one attached hydrogen (secondary N) is 2. The number of aromatic amines is 2. The van der Waals surface area contributed by atoms with Crippen molar-refractivity contribution in [2.24, 2.45) is 0 Å². The lowest BCUT2D eigenvalue weighted by molar-refractivity contribution is -0.140. The number of ether oxygens (including phenoxy) is 1. The van der Waals surface area contributed by atoms with Crippen molar-refractivity contribution >= 4 is 50.8 Å². The summed E-state index contributed by atoms with van der Waals surface area (Å²) in [7, 11) is 1.43. The number of rotatable bonds is 4. The maximum Gasteiger partial charge on any atom is 0.305 e. The fourth-order valence-electron chi connectivity index (χ4n) is 5.11. The molecule has 0 amide bonds. The van der Waals surface area contributed by atoms with Crippen LogP contribution < -0.4 is 0 Å². The molecule has 3 aromatic rings. The Morgan fingerprint density at radius 1 is 0.889 bits per heavy atom. The van der Waals surface area contributed by atoms with Gasteiger partial charge in [0.25, 0.3) is 0 Å². The van der Waals surface area contributed by atoms with E-state index in [0.717, 1.165) is 68.0 Å². The highest BCUT2D eigenvalue weighted by Gasteiger charge is 2.19. The van der Waals surface area contributed by atoms with E-state index in [0.29, 0.717) is 12.8 Å². The van der Waals surface area contributed by atoms with Gasteiger partial charge in [0, 0.05) is 28.5 Å². The van der Waals surface area contributed by atoms with E-state index < -0.39 is 0 Å². The number of methoxy groups -OCH3 is 1. The summed E-state index contributed by atoms with van der Waals surface area (Å²) in [6.07, 6.45) is 3.89. The molecule has 0 aromatic carbocycles. The van der Waals surface area contributed by atoms with E-state index in [-0.39, 0.29) is 5.97 Å². The fourth-order valence-corrected chi connectivity index (χ4v) is 5.11. The van der Waals surface area contributed by atoms with Crippen LogP contribution in [0.2, 0.25) is 0 Å². The maximum atomic E-state index is 12.0. The molecule has 2 aliphatic heterocycles. The predicted octanol–water partition coefficient (Wildman–Crippen LogP) is 6.94. The Kier molecular flexibility index (Phi) is 6.12. The number of carbonyl (C=O) groups is 1. The quantitative estimate of drug-likeness (QED) is 0.396. The second-order valence-electron chi connectivity index (χ2n) is 9.62. The SMILES string of the molecule is CCc1c(C)c2cc3cc(C)c(cc4nc(cc5nc(cc1[nH]2)C(CCC(=O)OC)=C5C)C(C)=C4)[nH]3. The molecule has 0 saturated heterocycles. The molecule has 5 heterocycles.